The van der Waals surface area contributed by atoms with Gasteiger partial charge in [-0.1, -0.05) is 6.92 Å². The van der Waals surface area contributed by atoms with Gasteiger partial charge in [0.25, 0.3) is 0 Å². The minimum absolute atomic E-state index is 0.134. The molecule has 1 aromatic carbocycles. The summed E-state index contributed by atoms with van der Waals surface area (Å²) in [6.07, 6.45) is 2.45. The van der Waals surface area contributed by atoms with Crippen LogP contribution >= 0.6 is 0 Å². The van der Waals surface area contributed by atoms with Crippen molar-refractivity contribution in [3.63, 3.8) is 0 Å². The number of rotatable bonds is 3. The Morgan fingerprint density at radius 2 is 2.47 bits per heavy atom. The third kappa shape index (κ3) is 1.91. The van der Waals surface area contributed by atoms with Crippen LogP contribution in [0.4, 0.5) is 5.69 Å². The number of nitrogens with zero attached hydrogens (tertiary/aromatic N) is 2. The first-order valence-electron chi connectivity index (χ1n) is 4.92. The van der Waals surface area contributed by atoms with Gasteiger partial charge >= 0.3 is 0 Å². The lowest BCUT2D eigenvalue weighted by Gasteiger charge is -2.10. The van der Waals surface area contributed by atoms with Gasteiger partial charge in [-0.15, -0.1) is 0 Å². The Labute approximate surface area is 87.9 Å². The maximum Gasteiger partial charge on any atom is 0.114 e. The SMILES string of the molecule is CCC(C#N)Nc1ccc2nc[nH]c2c1. The first-order valence-corrected chi connectivity index (χ1v) is 4.92. The van der Waals surface area contributed by atoms with Crippen LogP contribution in [0.3, 0.4) is 0 Å². The number of aromatic amines is 1. The summed E-state index contributed by atoms with van der Waals surface area (Å²) < 4.78 is 0. The third-order valence-electron chi connectivity index (χ3n) is 2.33. The maximum atomic E-state index is 8.83. The fraction of sp³-hybridized carbons (Fsp3) is 0.273. The van der Waals surface area contributed by atoms with E-state index < -0.39 is 0 Å². The zero-order valence-electron chi connectivity index (χ0n) is 8.49. The van der Waals surface area contributed by atoms with Gasteiger partial charge in [0.05, 0.1) is 23.4 Å². The highest BCUT2D eigenvalue weighted by Gasteiger charge is 2.04. The van der Waals surface area contributed by atoms with E-state index in [1.54, 1.807) is 6.33 Å². The van der Waals surface area contributed by atoms with Gasteiger partial charge in [0.1, 0.15) is 6.04 Å². The topological polar surface area (TPSA) is 64.5 Å². The molecule has 2 N–H and O–H groups in total. The van der Waals surface area contributed by atoms with Crippen LogP contribution in [-0.4, -0.2) is 16.0 Å². The van der Waals surface area contributed by atoms with E-state index in [0.29, 0.717) is 0 Å². The van der Waals surface area contributed by atoms with Crippen molar-refractivity contribution in [2.45, 2.75) is 19.4 Å². The molecule has 0 amide bonds. The minimum Gasteiger partial charge on any atom is -0.370 e. The summed E-state index contributed by atoms with van der Waals surface area (Å²) in [5.41, 5.74) is 2.86. The van der Waals surface area contributed by atoms with Crippen LogP contribution in [0.5, 0.6) is 0 Å². The molecule has 0 aliphatic rings. The van der Waals surface area contributed by atoms with Crippen molar-refractivity contribution in [1.29, 1.82) is 5.26 Å². The second kappa shape index (κ2) is 4.01. The lowest BCUT2D eigenvalue weighted by atomic mass is 10.2. The van der Waals surface area contributed by atoms with Gasteiger partial charge in [-0.3, -0.25) is 0 Å². The molecule has 0 fully saturated rings. The molecule has 4 heteroatoms. The van der Waals surface area contributed by atoms with Crippen molar-refractivity contribution in [1.82, 2.24) is 9.97 Å². The Morgan fingerprint density at radius 1 is 1.60 bits per heavy atom. The molecule has 1 atom stereocenters. The molecule has 1 aromatic heterocycles. The maximum absolute atomic E-state index is 8.83. The fourth-order valence-corrected chi connectivity index (χ4v) is 1.45. The molecule has 15 heavy (non-hydrogen) atoms. The minimum atomic E-state index is -0.134. The highest BCUT2D eigenvalue weighted by Crippen LogP contribution is 2.16. The third-order valence-corrected chi connectivity index (χ3v) is 2.33. The number of hydrogen-bond acceptors (Lipinski definition) is 3. The normalized spacial score (nSPS) is 12.3. The lowest BCUT2D eigenvalue weighted by Crippen LogP contribution is -2.15. The van der Waals surface area contributed by atoms with E-state index in [0.717, 1.165) is 23.1 Å². The lowest BCUT2D eigenvalue weighted by molar-refractivity contribution is 0.845. The smallest absolute Gasteiger partial charge is 0.114 e. The second-order valence-electron chi connectivity index (χ2n) is 3.37. The number of aromatic nitrogens is 2. The van der Waals surface area contributed by atoms with E-state index in [1.807, 2.05) is 25.1 Å². The van der Waals surface area contributed by atoms with Gasteiger partial charge in [-0.05, 0) is 24.6 Å². The molecule has 0 aliphatic carbocycles. The number of imidazole rings is 1. The van der Waals surface area contributed by atoms with Crippen molar-refractivity contribution in [3.05, 3.63) is 24.5 Å². The molecule has 0 saturated heterocycles. The number of benzene rings is 1. The fourth-order valence-electron chi connectivity index (χ4n) is 1.45. The first kappa shape index (κ1) is 9.53. The van der Waals surface area contributed by atoms with Crippen molar-refractivity contribution in [3.8, 4) is 6.07 Å². The Morgan fingerprint density at radius 3 is 3.20 bits per heavy atom. The van der Waals surface area contributed by atoms with Crippen LogP contribution in [0, 0.1) is 11.3 Å². The Balaban J connectivity index is 2.25. The predicted octanol–water partition coefficient (Wildman–Crippen LogP) is 2.28. The van der Waals surface area contributed by atoms with Crippen LogP contribution < -0.4 is 5.32 Å². The molecule has 0 aliphatic heterocycles. The van der Waals surface area contributed by atoms with Crippen molar-refractivity contribution < 1.29 is 0 Å². The zero-order chi connectivity index (χ0) is 10.7. The number of fused-ring (bicyclic) bond motifs is 1. The second-order valence-corrected chi connectivity index (χ2v) is 3.37. The van der Waals surface area contributed by atoms with Gasteiger partial charge in [0.2, 0.25) is 0 Å². The number of H-pyrrole nitrogens is 1. The van der Waals surface area contributed by atoms with E-state index in [4.69, 9.17) is 5.26 Å². The molecule has 2 aromatic rings. The van der Waals surface area contributed by atoms with Crippen molar-refractivity contribution in [2.24, 2.45) is 0 Å². The largest absolute Gasteiger partial charge is 0.370 e. The van der Waals surface area contributed by atoms with Crippen LogP contribution in [0.15, 0.2) is 24.5 Å². The molecule has 1 unspecified atom stereocenters. The van der Waals surface area contributed by atoms with Crippen molar-refractivity contribution in [2.75, 3.05) is 5.32 Å². The molecule has 76 valence electrons. The molecular formula is C11H12N4. The van der Waals surface area contributed by atoms with Crippen LogP contribution in [-0.2, 0) is 0 Å². The van der Waals surface area contributed by atoms with Crippen molar-refractivity contribution >= 4 is 16.7 Å². The highest BCUT2D eigenvalue weighted by atomic mass is 14.9. The summed E-state index contributed by atoms with van der Waals surface area (Å²) in [5.74, 6) is 0. The molecule has 0 radical (unpaired) electrons. The quantitative estimate of drug-likeness (QED) is 0.798. The monoisotopic (exact) mass is 200 g/mol. The van der Waals surface area contributed by atoms with Gasteiger partial charge in [0.15, 0.2) is 0 Å². The van der Waals surface area contributed by atoms with Gasteiger partial charge in [0, 0.05) is 5.69 Å². The average molecular weight is 200 g/mol. The van der Waals surface area contributed by atoms with Gasteiger partial charge in [-0.25, -0.2) is 4.98 Å². The summed E-state index contributed by atoms with van der Waals surface area (Å²) in [5, 5.41) is 12.0. The van der Waals surface area contributed by atoms with E-state index in [9.17, 15) is 0 Å². The predicted molar refractivity (Wildman–Crippen MR) is 59.4 cm³/mol. The average Bonchev–Trinajstić information content (AvgIpc) is 2.73. The molecule has 2 rings (SSSR count). The summed E-state index contributed by atoms with van der Waals surface area (Å²) in [6, 6.07) is 7.89. The molecule has 1 heterocycles. The molecule has 4 nitrogen and oxygen atoms in total. The van der Waals surface area contributed by atoms with Gasteiger partial charge < -0.3 is 10.3 Å². The Kier molecular flexibility index (Phi) is 2.55. The van der Waals surface area contributed by atoms with E-state index in [1.165, 1.54) is 0 Å². The van der Waals surface area contributed by atoms with Crippen LogP contribution in [0.1, 0.15) is 13.3 Å². The van der Waals surface area contributed by atoms with E-state index >= 15 is 0 Å². The summed E-state index contributed by atoms with van der Waals surface area (Å²) >= 11 is 0. The Bertz CT molecular complexity index is 495. The summed E-state index contributed by atoms with van der Waals surface area (Å²) in [4.78, 5) is 7.17. The number of nitrogens with one attached hydrogen (secondary N) is 2. The number of nitriles is 1. The number of anilines is 1. The molecular weight excluding hydrogens is 188 g/mol. The highest BCUT2D eigenvalue weighted by molar-refractivity contribution is 5.78. The standard InChI is InChI=1S/C11H12N4/c1-2-8(6-12)15-9-3-4-10-11(5-9)14-7-13-10/h3-5,7-8,15H,2H2,1H3,(H,13,14). The first-order chi connectivity index (χ1) is 7.33. The molecule has 0 bridgehead atoms. The Hall–Kier alpha value is -2.02. The van der Waals surface area contributed by atoms with Crippen LogP contribution in [0.2, 0.25) is 0 Å². The zero-order valence-corrected chi connectivity index (χ0v) is 8.49. The van der Waals surface area contributed by atoms with Gasteiger partial charge in [-0.2, -0.15) is 5.26 Å². The molecule has 0 saturated carbocycles. The summed E-state index contributed by atoms with van der Waals surface area (Å²) in [6.45, 7) is 1.98. The van der Waals surface area contributed by atoms with E-state index in [-0.39, 0.29) is 6.04 Å². The van der Waals surface area contributed by atoms with E-state index in [2.05, 4.69) is 21.4 Å². The van der Waals surface area contributed by atoms with Crippen LogP contribution in [0.25, 0.3) is 11.0 Å². The molecule has 0 spiro atoms. The number of hydrogen-bond donors (Lipinski definition) is 2. The summed E-state index contributed by atoms with van der Waals surface area (Å²) in [7, 11) is 0.